The summed E-state index contributed by atoms with van der Waals surface area (Å²) in [5, 5.41) is 41.9. The van der Waals surface area contributed by atoms with Gasteiger partial charge >= 0.3 is 0 Å². The topological polar surface area (TPSA) is 107 Å². The number of ether oxygens (including phenoxy) is 1. The van der Waals surface area contributed by atoms with Crippen molar-refractivity contribution in [3.05, 3.63) is 89.0 Å². The molecule has 6 heteroatoms. The van der Waals surface area contributed by atoms with Gasteiger partial charge in [0.2, 0.25) is 0 Å². The number of rotatable bonds is 11. The average molecular weight is 557 g/mol. The van der Waals surface area contributed by atoms with Gasteiger partial charge in [0.1, 0.15) is 5.78 Å². The van der Waals surface area contributed by atoms with Crippen molar-refractivity contribution >= 4 is 11.9 Å². The van der Waals surface area contributed by atoms with Crippen LogP contribution in [0.4, 0.5) is 0 Å². The summed E-state index contributed by atoms with van der Waals surface area (Å²) < 4.78 is 5.33. The van der Waals surface area contributed by atoms with E-state index in [1.807, 2.05) is 30.3 Å². The van der Waals surface area contributed by atoms with Crippen molar-refractivity contribution in [1.82, 2.24) is 0 Å². The van der Waals surface area contributed by atoms with Gasteiger partial charge in [-0.3, -0.25) is 4.79 Å². The fourth-order valence-corrected chi connectivity index (χ4v) is 7.06. The van der Waals surface area contributed by atoms with E-state index in [4.69, 9.17) is 4.74 Å². The predicted octanol–water partition coefficient (Wildman–Crippen LogP) is 6.78. The van der Waals surface area contributed by atoms with Gasteiger partial charge in [-0.2, -0.15) is 0 Å². The standard InChI is InChI=1S/C35H40O6/c1-41-34-19-25(13-15-31(34)38)24(11-10-23-7-3-2-4-8-23)17-28(36)20-29(37)22-35-16-6-5-9-27(35)14-12-26-18-32(39)33(40)21-30(26)35/h2-4,7-8,12-15,18-19,21,24,27,29,37-40H,5-6,9-11,16-17,20,22H2,1H3/t24-,27-,29+,35-/m1/s1. The maximum atomic E-state index is 13.5. The Bertz CT molecular complexity index is 1400. The number of hydrogen-bond donors (Lipinski definition) is 4. The lowest BCUT2D eigenvalue weighted by Gasteiger charge is -2.47. The number of hydrogen-bond acceptors (Lipinski definition) is 6. The lowest BCUT2D eigenvalue weighted by atomic mass is 9.57. The van der Waals surface area contributed by atoms with Gasteiger partial charge in [-0.25, -0.2) is 0 Å². The second-order valence-corrected chi connectivity index (χ2v) is 11.8. The quantitative estimate of drug-likeness (QED) is 0.194. The summed E-state index contributed by atoms with van der Waals surface area (Å²) >= 11 is 0. The minimum atomic E-state index is -0.831. The zero-order valence-corrected chi connectivity index (χ0v) is 23.6. The number of carbonyl (C=O) groups is 1. The molecule has 4 N–H and O–H groups in total. The van der Waals surface area contributed by atoms with Gasteiger partial charge in [-0.05, 0) is 90.5 Å². The highest BCUT2D eigenvalue weighted by Gasteiger charge is 2.45. The van der Waals surface area contributed by atoms with Gasteiger partial charge in [-0.15, -0.1) is 0 Å². The Balaban J connectivity index is 1.33. The van der Waals surface area contributed by atoms with Crippen molar-refractivity contribution in [3.63, 3.8) is 0 Å². The molecule has 0 heterocycles. The SMILES string of the molecule is COc1cc([C@H](CCc2ccccc2)CC(=O)C[C@H](O)C[C@]23CCCC[C@@H]2C=Cc2cc(O)c(O)cc23)ccc1O. The van der Waals surface area contributed by atoms with E-state index < -0.39 is 6.10 Å². The Labute approximate surface area is 242 Å². The first-order valence-corrected chi connectivity index (χ1v) is 14.6. The normalized spacial score (nSPS) is 21.0. The van der Waals surface area contributed by atoms with Gasteiger partial charge in [0.15, 0.2) is 23.0 Å². The Morgan fingerprint density at radius 3 is 2.54 bits per heavy atom. The molecule has 0 bridgehead atoms. The molecule has 6 nitrogen and oxygen atoms in total. The molecule has 2 aliphatic rings. The second-order valence-electron chi connectivity index (χ2n) is 11.8. The third kappa shape index (κ3) is 6.28. The number of methoxy groups -OCH3 is 1. The third-order valence-corrected chi connectivity index (χ3v) is 9.13. The molecule has 5 rings (SSSR count). The molecule has 3 aromatic carbocycles. The van der Waals surface area contributed by atoms with Crippen LogP contribution >= 0.6 is 0 Å². The number of ketones is 1. The maximum Gasteiger partial charge on any atom is 0.160 e. The van der Waals surface area contributed by atoms with E-state index >= 15 is 0 Å². The monoisotopic (exact) mass is 556 g/mol. The van der Waals surface area contributed by atoms with Gasteiger partial charge in [0.05, 0.1) is 13.2 Å². The van der Waals surface area contributed by atoms with Crippen LogP contribution in [0.5, 0.6) is 23.0 Å². The van der Waals surface area contributed by atoms with Gasteiger partial charge < -0.3 is 25.2 Å². The highest BCUT2D eigenvalue weighted by molar-refractivity contribution is 5.80. The average Bonchev–Trinajstić information content (AvgIpc) is 2.96. The van der Waals surface area contributed by atoms with Crippen molar-refractivity contribution in [2.75, 3.05) is 7.11 Å². The summed E-state index contributed by atoms with van der Waals surface area (Å²) in [6, 6.07) is 18.6. The molecule has 0 aliphatic heterocycles. The van der Waals surface area contributed by atoms with E-state index in [1.165, 1.54) is 12.7 Å². The zero-order chi connectivity index (χ0) is 29.0. The highest BCUT2D eigenvalue weighted by atomic mass is 16.5. The van der Waals surface area contributed by atoms with E-state index in [9.17, 15) is 25.2 Å². The number of aryl methyl sites for hydroxylation is 1. The zero-order valence-electron chi connectivity index (χ0n) is 23.6. The molecule has 1 saturated carbocycles. The summed E-state index contributed by atoms with van der Waals surface area (Å²) in [5.74, 6) is 0.234. The Morgan fingerprint density at radius 1 is 0.976 bits per heavy atom. The smallest absolute Gasteiger partial charge is 0.160 e. The predicted molar refractivity (Wildman–Crippen MR) is 159 cm³/mol. The Hall–Kier alpha value is -3.77. The first-order chi connectivity index (χ1) is 19.8. The number of aromatic hydroxyl groups is 3. The van der Waals surface area contributed by atoms with E-state index in [2.05, 4.69) is 18.2 Å². The van der Waals surface area contributed by atoms with Crippen LogP contribution in [0, 0.1) is 5.92 Å². The van der Waals surface area contributed by atoms with E-state index in [-0.39, 0.29) is 53.1 Å². The molecular weight excluding hydrogens is 516 g/mol. The summed E-state index contributed by atoms with van der Waals surface area (Å²) in [6.07, 6.45) is 9.60. The van der Waals surface area contributed by atoms with Crippen molar-refractivity contribution in [1.29, 1.82) is 0 Å². The van der Waals surface area contributed by atoms with Gasteiger partial charge in [-0.1, -0.05) is 61.4 Å². The van der Waals surface area contributed by atoms with Crippen LogP contribution in [0.1, 0.15) is 79.5 Å². The van der Waals surface area contributed by atoms with Crippen molar-refractivity contribution in [2.24, 2.45) is 5.92 Å². The number of phenolic OH excluding ortho intramolecular Hbond substituents is 3. The molecule has 4 atom stereocenters. The molecule has 0 saturated heterocycles. The molecular formula is C35H40O6. The number of allylic oxidation sites excluding steroid dienone is 1. The van der Waals surface area contributed by atoms with E-state index in [1.54, 1.807) is 24.3 Å². The van der Waals surface area contributed by atoms with Crippen molar-refractivity contribution < 1.29 is 30.0 Å². The van der Waals surface area contributed by atoms with Crippen LogP contribution in [0.3, 0.4) is 0 Å². The van der Waals surface area contributed by atoms with Gasteiger partial charge in [0.25, 0.3) is 0 Å². The molecule has 1 fully saturated rings. The van der Waals surface area contributed by atoms with Crippen LogP contribution in [-0.2, 0) is 16.6 Å². The highest BCUT2D eigenvalue weighted by Crippen LogP contribution is 2.53. The van der Waals surface area contributed by atoms with Crippen LogP contribution in [0.15, 0.2) is 66.7 Å². The molecule has 41 heavy (non-hydrogen) atoms. The minimum absolute atomic E-state index is 0.00788. The molecule has 0 amide bonds. The number of aliphatic hydroxyl groups is 1. The summed E-state index contributed by atoms with van der Waals surface area (Å²) in [7, 11) is 1.51. The molecule has 0 aromatic heterocycles. The summed E-state index contributed by atoms with van der Waals surface area (Å²) in [5.41, 5.74) is 3.54. The fourth-order valence-electron chi connectivity index (χ4n) is 7.06. The van der Waals surface area contributed by atoms with Crippen LogP contribution in [-0.4, -0.2) is 39.4 Å². The third-order valence-electron chi connectivity index (χ3n) is 9.13. The fraction of sp³-hybridized carbons (Fsp3) is 0.400. The first-order valence-electron chi connectivity index (χ1n) is 14.6. The largest absolute Gasteiger partial charge is 0.504 e. The second kappa shape index (κ2) is 12.4. The van der Waals surface area contributed by atoms with Crippen LogP contribution in [0.2, 0.25) is 0 Å². The van der Waals surface area contributed by atoms with Crippen molar-refractivity contribution in [3.8, 4) is 23.0 Å². The number of carbonyl (C=O) groups excluding carboxylic acids is 1. The molecule has 0 radical (unpaired) electrons. The summed E-state index contributed by atoms with van der Waals surface area (Å²) in [6.45, 7) is 0. The van der Waals surface area contributed by atoms with Crippen LogP contribution < -0.4 is 4.74 Å². The summed E-state index contributed by atoms with van der Waals surface area (Å²) in [4.78, 5) is 13.5. The lowest BCUT2D eigenvalue weighted by Crippen LogP contribution is -2.42. The number of Topliss-reactive ketones (excluding diaryl/α,β-unsaturated/α-hetero) is 1. The van der Waals surface area contributed by atoms with Gasteiger partial charge in [0, 0.05) is 18.3 Å². The van der Waals surface area contributed by atoms with Crippen molar-refractivity contribution in [2.45, 2.75) is 75.2 Å². The first kappa shape index (κ1) is 28.7. The molecule has 0 unspecified atom stereocenters. The number of phenols is 3. The van der Waals surface area contributed by atoms with Crippen LogP contribution in [0.25, 0.3) is 6.08 Å². The number of aliphatic hydroxyl groups excluding tert-OH is 1. The maximum absolute atomic E-state index is 13.5. The molecule has 0 spiro atoms. The van der Waals surface area contributed by atoms with E-state index in [0.29, 0.717) is 12.2 Å². The molecule has 3 aromatic rings. The number of fused-ring (bicyclic) bond motifs is 3. The lowest BCUT2D eigenvalue weighted by molar-refractivity contribution is -0.121. The number of benzene rings is 3. The minimum Gasteiger partial charge on any atom is -0.504 e. The van der Waals surface area contributed by atoms with E-state index in [0.717, 1.165) is 55.2 Å². The molecule has 216 valence electrons. The Morgan fingerprint density at radius 2 is 1.76 bits per heavy atom. The Kier molecular flexibility index (Phi) is 8.69. The molecule has 2 aliphatic carbocycles.